The van der Waals surface area contributed by atoms with Crippen LogP contribution in [0.1, 0.15) is 9.08 Å². The number of nitrogens with two attached hydrogens (primary N) is 1. The molecule has 3 rings (SSSR count). The van der Waals surface area contributed by atoms with Crippen molar-refractivity contribution >= 4 is 55.8 Å². The molecule has 3 heterocycles. The predicted molar refractivity (Wildman–Crippen MR) is 95.4 cm³/mol. The summed E-state index contributed by atoms with van der Waals surface area (Å²) in [5.74, 6) is -0.233. The first kappa shape index (κ1) is 24.3. The quantitative estimate of drug-likeness (QED) is 0.169. The van der Waals surface area contributed by atoms with Gasteiger partial charge in [-0.15, -0.1) is 0 Å². The van der Waals surface area contributed by atoms with Crippen molar-refractivity contribution in [2.45, 2.75) is 24.5 Å². The molecule has 0 aromatic carbocycles. The van der Waals surface area contributed by atoms with Gasteiger partial charge in [-0.3, -0.25) is 18.9 Å². The zero-order valence-electron chi connectivity index (χ0n) is 16.3. The van der Waals surface area contributed by atoms with Gasteiger partial charge in [0.15, 0.2) is 17.4 Å². The minimum Gasteiger partial charge on any atom is -1.00 e. The molecule has 0 radical (unpaired) electrons. The van der Waals surface area contributed by atoms with Crippen molar-refractivity contribution in [1.29, 1.82) is 0 Å². The molecule has 0 aliphatic carbocycles. The van der Waals surface area contributed by atoms with E-state index in [4.69, 9.17) is 20.3 Å². The van der Waals surface area contributed by atoms with E-state index in [1.54, 1.807) is 0 Å². The summed E-state index contributed by atoms with van der Waals surface area (Å²) in [5.41, 5.74) is 4.65. The van der Waals surface area contributed by atoms with Crippen LogP contribution in [0.2, 0.25) is 0 Å². The minimum atomic E-state index is -5.32. The van der Waals surface area contributed by atoms with Crippen LogP contribution in [0.3, 0.4) is 0 Å². The molecule has 1 unspecified atom stereocenters. The summed E-state index contributed by atoms with van der Waals surface area (Å²) in [4.78, 5) is 48.1. The maximum absolute atomic E-state index is 11.8. The van der Waals surface area contributed by atoms with Gasteiger partial charge in [0, 0.05) is 0 Å². The summed E-state index contributed by atoms with van der Waals surface area (Å²) < 4.78 is 36.6. The number of phosphoric ester groups is 1. The van der Waals surface area contributed by atoms with E-state index >= 15 is 0 Å². The van der Waals surface area contributed by atoms with Crippen molar-refractivity contribution in [3.63, 3.8) is 0 Å². The molecule has 29 heavy (non-hydrogen) atoms. The Bertz CT molecular complexity index is 1050. The number of aromatic amines is 1. The van der Waals surface area contributed by atoms with Crippen molar-refractivity contribution in [2.75, 3.05) is 12.3 Å². The molecule has 5 atom stereocenters. The first-order chi connectivity index (χ1) is 12.9. The molecule has 2 aromatic heterocycles. The number of aliphatic hydroxyl groups is 2. The first-order valence-corrected chi connectivity index (χ1v) is 10.4. The molecule has 0 saturated carbocycles. The van der Waals surface area contributed by atoms with Gasteiger partial charge in [0.05, 0.1) is 12.9 Å². The number of fused-ring (bicyclic) bond motifs is 1. The Kier molecular flexibility index (Phi) is 7.26. The molecule has 1 saturated heterocycles. The van der Waals surface area contributed by atoms with Crippen LogP contribution < -0.4 is 11.3 Å². The number of hydrogen-bond donors (Lipinski definition) is 7. The average Bonchev–Trinajstić information content (AvgIpc) is 3.06. The number of H-pyrrole nitrogens is 1. The number of nitrogens with zero attached hydrogens (tertiary/aromatic N) is 3. The Morgan fingerprint density at radius 2 is 1.97 bits per heavy atom. The van der Waals surface area contributed by atoms with Gasteiger partial charge in [-0.05, 0) is 0 Å². The number of ether oxygens (including phenoxy) is 1. The van der Waals surface area contributed by atoms with Crippen LogP contribution >= 0.6 is 15.6 Å². The molecule has 160 valence electrons. The number of imidazole rings is 1. The Balaban J connectivity index is 0.00000300. The van der Waals surface area contributed by atoms with Gasteiger partial charge in [0.1, 0.15) is 18.3 Å². The van der Waals surface area contributed by atoms with Gasteiger partial charge in [0.25, 0.3) is 5.56 Å². The van der Waals surface area contributed by atoms with Crippen LogP contribution in [0.5, 0.6) is 0 Å². The van der Waals surface area contributed by atoms with Crippen molar-refractivity contribution in [3.05, 3.63) is 16.7 Å². The molecule has 1 fully saturated rings. The second-order valence-corrected chi connectivity index (χ2v) is 8.49. The van der Waals surface area contributed by atoms with Gasteiger partial charge >= 0.3 is 38.7 Å². The zero-order chi connectivity index (χ0) is 20.9. The Hall–Kier alpha value is -0.944. The molecule has 16 nitrogen and oxygen atoms in total. The third kappa shape index (κ3) is 5.41. The zero-order valence-corrected chi connectivity index (χ0v) is 17.5. The van der Waals surface area contributed by atoms with E-state index in [0.717, 1.165) is 10.9 Å². The molecule has 0 bridgehead atoms. The summed E-state index contributed by atoms with van der Waals surface area (Å²) >= 11 is 0. The van der Waals surface area contributed by atoms with E-state index in [1.165, 1.54) is 0 Å². The SMILES string of the molecule is Nc1nc2c(ncn2[C@@H]2O[C@H](COP(=O)(O)OP(=O)(O)O)[C@@H](O)[C@H]2O)c(=O)[nH]1.[H-].[H-].[Mg+2]. The monoisotopic (exact) mass is 469 g/mol. The molecule has 0 spiro atoms. The standard InChI is InChI=1S/C10H15N5O11P2.Mg.2H/c11-10-13-7-4(8(18)14-10)12-2-15(7)9-6(17)5(16)3(25-9)1-24-28(22,23)26-27(19,20)21;;;/h2-3,5-6,9,16-17H,1H2,(H,22,23)(H2,19,20,21)(H3,11,13,14,18);;;/q;+2;2*-1/t3-,5-,6-,9-;;;/m1.../s1. The van der Waals surface area contributed by atoms with Crippen LogP contribution in [-0.2, 0) is 22.7 Å². The molecule has 1 aliphatic rings. The number of nitrogen functional groups attached to an aromatic ring is 1. The molecule has 19 heteroatoms. The van der Waals surface area contributed by atoms with Gasteiger partial charge < -0.3 is 38.2 Å². The van der Waals surface area contributed by atoms with Crippen LogP contribution in [0, 0.1) is 0 Å². The van der Waals surface area contributed by atoms with Gasteiger partial charge in [0.2, 0.25) is 5.95 Å². The fourth-order valence-corrected chi connectivity index (χ4v) is 4.15. The fraction of sp³-hybridized carbons (Fsp3) is 0.500. The predicted octanol–water partition coefficient (Wildman–Crippen LogP) is -2.61. The van der Waals surface area contributed by atoms with Crippen molar-refractivity contribution < 1.29 is 50.4 Å². The van der Waals surface area contributed by atoms with Gasteiger partial charge in [-0.25, -0.2) is 14.1 Å². The largest absolute Gasteiger partial charge is 2.00 e. The van der Waals surface area contributed by atoms with E-state index in [9.17, 15) is 29.0 Å². The normalized spacial score (nSPS) is 26.9. The molecule has 2 aromatic rings. The minimum absolute atomic E-state index is 0. The van der Waals surface area contributed by atoms with Crippen LogP contribution in [0.15, 0.2) is 11.1 Å². The third-order valence-electron chi connectivity index (χ3n) is 3.67. The second kappa shape index (κ2) is 8.66. The van der Waals surface area contributed by atoms with Gasteiger partial charge in [-0.2, -0.15) is 9.29 Å². The summed E-state index contributed by atoms with van der Waals surface area (Å²) in [5, 5.41) is 20.3. The number of aliphatic hydroxyl groups excluding tert-OH is 2. The number of nitrogens with one attached hydrogen (secondary N) is 1. The number of aromatic nitrogens is 4. The summed E-state index contributed by atoms with van der Waals surface area (Å²) in [6, 6.07) is 0. The second-order valence-electron chi connectivity index (χ2n) is 5.66. The van der Waals surface area contributed by atoms with Gasteiger partial charge in [-0.1, -0.05) is 0 Å². The first-order valence-electron chi connectivity index (χ1n) is 7.36. The smallest absolute Gasteiger partial charge is 1.00 e. The molecular formula is C10H17MgN5O11P2. The van der Waals surface area contributed by atoms with E-state index in [0.29, 0.717) is 0 Å². The summed E-state index contributed by atoms with van der Waals surface area (Å²) in [6.45, 7) is -0.870. The van der Waals surface area contributed by atoms with Crippen molar-refractivity contribution in [1.82, 2.24) is 19.5 Å². The number of hydrogen-bond acceptors (Lipinski definition) is 11. The molecule has 1 aliphatic heterocycles. The maximum Gasteiger partial charge on any atom is 2.00 e. The van der Waals surface area contributed by atoms with E-state index in [2.05, 4.69) is 23.8 Å². The van der Waals surface area contributed by atoms with Crippen LogP contribution in [0.25, 0.3) is 11.2 Å². The summed E-state index contributed by atoms with van der Waals surface area (Å²) in [6.07, 6.45) is -4.88. The number of rotatable bonds is 6. The average molecular weight is 470 g/mol. The molecule has 0 amide bonds. The van der Waals surface area contributed by atoms with E-state index in [1.807, 2.05) is 0 Å². The van der Waals surface area contributed by atoms with E-state index < -0.39 is 52.4 Å². The molecular weight excluding hydrogens is 452 g/mol. The Labute approximate surface area is 179 Å². The Morgan fingerprint density at radius 1 is 1.31 bits per heavy atom. The third-order valence-corrected chi connectivity index (χ3v) is 5.83. The van der Waals surface area contributed by atoms with E-state index in [-0.39, 0.29) is 43.0 Å². The number of phosphoric acid groups is 2. The Morgan fingerprint density at radius 3 is 2.59 bits per heavy atom. The van der Waals surface area contributed by atoms with Crippen LogP contribution in [0.4, 0.5) is 5.95 Å². The molecule has 8 N–H and O–H groups in total. The maximum atomic E-state index is 11.8. The fourth-order valence-electron chi connectivity index (χ4n) is 2.55. The summed E-state index contributed by atoms with van der Waals surface area (Å²) in [7, 11) is -10.5. The number of anilines is 1. The van der Waals surface area contributed by atoms with Crippen molar-refractivity contribution in [2.24, 2.45) is 0 Å². The van der Waals surface area contributed by atoms with Crippen LogP contribution in [-0.4, -0.2) is 92.4 Å². The topological polar surface area (TPSA) is 253 Å². The van der Waals surface area contributed by atoms with Crippen molar-refractivity contribution in [3.8, 4) is 0 Å².